The molecule has 4 heteroatoms. The van der Waals surface area contributed by atoms with Crippen molar-refractivity contribution in [3.05, 3.63) is 63.6 Å². The number of rotatable bonds is 4. The third-order valence-corrected chi connectivity index (χ3v) is 3.83. The highest BCUT2D eigenvalue weighted by Crippen LogP contribution is 2.21. The Bertz CT molecular complexity index is 626. The van der Waals surface area contributed by atoms with Crippen molar-refractivity contribution in [3.8, 4) is 0 Å². The van der Waals surface area contributed by atoms with Crippen LogP contribution in [0.4, 0.5) is 5.69 Å². The predicted octanol–water partition coefficient (Wildman–Crippen LogP) is 4.16. The number of ether oxygens (including phenoxy) is 1. The molecule has 0 radical (unpaired) electrons. The van der Waals surface area contributed by atoms with Crippen LogP contribution in [0.15, 0.2) is 46.9 Å². The predicted molar refractivity (Wildman–Crippen MR) is 84.0 cm³/mol. The van der Waals surface area contributed by atoms with E-state index in [9.17, 15) is 4.79 Å². The van der Waals surface area contributed by atoms with Gasteiger partial charge in [0.05, 0.1) is 12.7 Å². The summed E-state index contributed by atoms with van der Waals surface area (Å²) in [4.78, 5) is 11.4. The number of anilines is 1. The van der Waals surface area contributed by atoms with Crippen molar-refractivity contribution in [3.63, 3.8) is 0 Å². The maximum Gasteiger partial charge on any atom is 0.337 e. The number of halogens is 1. The van der Waals surface area contributed by atoms with Gasteiger partial charge in [-0.2, -0.15) is 0 Å². The molecule has 20 heavy (non-hydrogen) atoms. The van der Waals surface area contributed by atoms with Crippen molar-refractivity contribution in [2.45, 2.75) is 13.5 Å². The monoisotopic (exact) mass is 333 g/mol. The van der Waals surface area contributed by atoms with Crippen LogP contribution in [0.5, 0.6) is 0 Å². The van der Waals surface area contributed by atoms with Gasteiger partial charge >= 0.3 is 5.97 Å². The fourth-order valence-corrected chi connectivity index (χ4v) is 2.42. The fourth-order valence-electron chi connectivity index (χ4n) is 1.90. The molecule has 0 saturated heterocycles. The van der Waals surface area contributed by atoms with Gasteiger partial charge in [-0.15, -0.1) is 0 Å². The number of methoxy groups -OCH3 is 1. The number of hydrogen-bond donors (Lipinski definition) is 1. The fraction of sp³-hybridized carbons (Fsp3) is 0.188. The summed E-state index contributed by atoms with van der Waals surface area (Å²) in [5.41, 5.74) is 3.94. The Kier molecular flexibility index (Phi) is 4.79. The Balaban J connectivity index is 2.11. The first-order valence-electron chi connectivity index (χ1n) is 6.28. The molecule has 0 atom stereocenters. The second kappa shape index (κ2) is 6.57. The zero-order valence-corrected chi connectivity index (χ0v) is 13.0. The molecule has 0 fully saturated rings. The van der Waals surface area contributed by atoms with Gasteiger partial charge in [0.25, 0.3) is 0 Å². The average Bonchev–Trinajstić information content (AvgIpc) is 2.46. The summed E-state index contributed by atoms with van der Waals surface area (Å²) in [7, 11) is 1.38. The number of para-hydroxylation sites is 1. The van der Waals surface area contributed by atoms with Gasteiger partial charge < -0.3 is 10.1 Å². The summed E-state index contributed by atoms with van der Waals surface area (Å²) in [6, 6.07) is 13.6. The van der Waals surface area contributed by atoms with E-state index < -0.39 is 0 Å². The van der Waals surface area contributed by atoms with Crippen LogP contribution in [-0.2, 0) is 11.3 Å². The first kappa shape index (κ1) is 14.6. The minimum absolute atomic E-state index is 0.330. The third kappa shape index (κ3) is 3.39. The highest BCUT2D eigenvalue weighted by atomic mass is 79.9. The molecule has 0 saturated carbocycles. The molecule has 0 aliphatic heterocycles. The van der Waals surface area contributed by atoms with Gasteiger partial charge in [0, 0.05) is 16.7 Å². The van der Waals surface area contributed by atoms with E-state index in [1.165, 1.54) is 12.7 Å². The van der Waals surface area contributed by atoms with Gasteiger partial charge in [0.15, 0.2) is 0 Å². The van der Waals surface area contributed by atoms with Crippen molar-refractivity contribution >= 4 is 27.6 Å². The molecule has 3 nitrogen and oxygen atoms in total. The van der Waals surface area contributed by atoms with E-state index in [-0.39, 0.29) is 5.97 Å². The normalized spacial score (nSPS) is 10.2. The molecule has 2 rings (SSSR count). The minimum Gasteiger partial charge on any atom is -0.465 e. The Morgan fingerprint density at radius 2 is 2.00 bits per heavy atom. The number of aryl methyl sites for hydroxylation is 1. The Morgan fingerprint density at radius 3 is 2.65 bits per heavy atom. The van der Waals surface area contributed by atoms with Crippen molar-refractivity contribution < 1.29 is 9.53 Å². The van der Waals surface area contributed by atoms with Crippen molar-refractivity contribution in [2.24, 2.45) is 0 Å². The van der Waals surface area contributed by atoms with E-state index in [1.54, 1.807) is 12.1 Å². The van der Waals surface area contributed by atoms with E-state index in [0.717, 1.165) is 15.7 Å². The molecular formula is C16H16BrNO2. The van der Waals surface area contributed by atoms with Crippen LogP contribution in [0.2, 0.25) is 0 Å². The summed E-state index contributed by atoms with van der Waals surface area (Å²) in [5.74, 6) is -0.330. The van der Waals surface area contributed by atoms with Gasteiger partial charge in [0.2, 0.25) is 0 Å². The molecule has 0 aliphatic rings. The lowest BCUT2D eigenvalue weighted by Crippen LogP contribution is -2.04. The molecule has 0 spiro atoms. The summed E-state index contributed by atoms with van der Waals surface area (Å²) < 4.78 is 5.59. The van der Waals surface area contributed by atoms with Crippen LogP contribution >= 0.6 is 15.9 Å². The highest BCUT2D eigenvalue weighted by molar-refractivity contribution is 9.10. The Labute approximate surface area is 127 Å². The summed E-state index contributed by atoms with van der Waals surface area (Å²) in [5, 5.41) is 3.39. The zero-order valence-electron chi connectivity index (χ0n) is 11.4. The topological polar surface area (TPSA) is 38.3 Å². The number of benzene rings is 2. The van der Waals surface area contributed by atoms with Gasteiger partial charge in [-0.05, 0) is 36.2 Å². The maximum atomic E-state index is 11.4. The molecule has 0 bridgehead atoms. The average molecular weight is 334 g/mol. The Hall–Kier alpha value is -1.81. The number of carbonyl (C=O) groups is 1. The van der Waals surface area contributed by atoms with Crippen LogP contribution in [-0.4, -0.2) is 13.1 Å². The molecule has 2 aromatic rings. The van der Waals surface area contributed by atoms with Crippen molar-refractivity contribution in [1.29, 1.82) is 0 Å². The first-order chi connectivity index (χ1) is 9.61. The second-order valence-corrected chi connectivity index (χ2v) is 5.32. The SMILES string of the molecule is COC(=O)c1ccc(CNc2ccccc2C)c(Br)c1. The number of esters is 1. The van der Waals surface area contributed by atoms with Crippen LogP contribution < -0.4 is 5.32 Å². The molecule has 1 N–H and O–H groups in total. The van der Waals surface area contributed by atoms with E-state index in [4.69, 9.17) is 4.74 Å². The molecule has 0 aliphatic carbocycles. The molecule has 2 aromatic carbocycles. The lowest BCUT2D eigenvalue weighted by Gasteiger charge is -2.11. The smallest absolute Gasteiger partial charge is 0.337 e. The lowest BCUT2D eigenvalue weighted by molar-refractivity contribution is 0.0600. The van der Waals surface area contributed by atoms with Crippen LogP contribution in [0, 0.1) is 6.92 Å². The van der Waals surface area contributed by atoms with E-state index in [2.05, 4.69) is 34.2 Å². The van der Waals surface area contributed by atoms with E-state index in [1.807, 2.05) is 24.3 Å². The standard InChI is InChI=1S/C16H16BrNO2/c1-11-5-3-4-6-15(11)18-10-13-8-7-12(9-14(13)17)16(19)20-2/h3-9,18H,10H2,1-2H3. The molecule has 0 unspecified atom stereocenters. The number of nitrogens with one attached hydrogen (secondary N) is 1. The van der Waals surface area contributed by atoms with E-state index in [0.29, 0.717) is 12.1 Å². The van der Waals surface area contributed by atoms with Gasteiger partial charge in [-0.1, -0.05) is 40.2 Å². The molecule has 0 amide bonds. The van der Waals surface area contributed by atoms with E-state index >= 15 is 0 Å². The quantitative estimate of drug-likeness (QED) is 0.854. The molecule has 0 aromatic heterocycles. The third-order valence-electron chi connectivity index (χ3n) is 3.09. The minimum atomic E-state index is -0.330. The van der Waals surface area contributed by atoms with Gasteiger partial charge in [0.1, 0.15) is 0 Å². The maximum absolute atomic E-state index is 11.4. The summed E-state index contributed by atoms with van der Waals surface area (Å²) in [6.45, 7) is 2.75. The molecule has 104 valence electrons. The molecular weight excluding hydrogens is 318 g/mol. The number of hydrogen-bond acceptors (Lipinski definition) is 3. The van der Waals surface area contributed by atoms with Crippen LogP contribution in [0.25, 0.3) is 0 Å². The summed E-state index contributed by atoms with van der Waals surface area (Å²) >= 11 is 3.49. The second-order valence-electron chi connectivity index (χ2n) is 4.47. The highest BCUT2D eigenvalue weighted by Gasteiger charge is 2.08. The first-order valence-corrected chi connectivity index (χ1v) is 7.07. The largest absolute Gasteiger partial charge is 0.465 e. The lowest BCUT2D eigenvalue weighted by atomic mass is 10.1. The molecule has 0 heterocycles. The van der Waals surface area contributed by atoms with Crippen molar-refractivity contribution in [1.82, 2.24) is 0 Å². The van der Waals surface area contributed by atoms with Crippen LogP contribution in [0.3, 0.4) is 0 Å². The Morgan fingerprint density at radius 1 is 1.25 bits per heavy atom. The number of carbonyl (C=O) groups excluding carboxylic acids is 1. The summed E-state index contributed by atoms with van der Waals surface area (Å²) in [6.07, 6.45) is 0. The zero-order chi connectivity index (χ0) is 14.5. The van der Waals surface area contributed by atoms with Crippen molar-refractivity contribution in [2.75, 3.05) is 12.4 Å². The van der Waals surface area contributed by atoms with Gasteiger partial charge in [-0.25, -0.2) is 4.79 Å². The van der Waals surface area contributed by atoms with Gasteiger partial charge in [-0.3, -0.25) is 0 Å². The van der Waals surface area contributed by atoms with Crippen LogP contribution in [0.1, 0.15) is 21.5 Å².